The van der Waals surface area contributed by atoms with Gasteiger partial charge in [-0.3, -0.25) is 0 Å². The summed E-state index contributed by atoms with van der Waals surface area (Å²) in [6.07, 6.45) is 3.46. The molecule has 120 valence electrons. The van der Waals surface area contributed by atoms with E-state index in [1.54, 1.807) is 0 Å². The first-order valence-electron chi connectivity index (χ1n) is 7.73. The number of benzene rings is 2. The second-order valence-electron chi connectivity index (χ2n) is 6.95. The van der Waals surface area contributed by atoms with Gasteiger partial charge in [0.05, 0.1) is 8.07 Å². The van der Waals surface area contributed by atoms with Gasteiger partial charge in [0.25, 0.3) is 0 Å². The molecule has 0 bridgehead atoms. The third kappa shape index (κ3) is 4.92. The minimum absolute atomic E-state index is 0.826. The van der Waals surface area contributed by atoms with E-state index in [1.165, 1.54) is 33.0 Å². The van der Waals surface area contributed by atoms with Crippen molar-refractivity contribution in [3.05, 3.63) is 59.2 Å². The predicted molar refractivity (Wildman–Crippen MR) is 104 cm³/mol. The second-order valence-corrected chi connectivity index (χ2v) is 15.8. The van der Waals surface area contributed by atoms with Crippen molar-refractivity contribution in [2.45, 2.75) is 33.0 Å². The predicted octanol–water partition coefficient (Wildman–Crippen LogP) is 6.23. The molecule has 0 aliphatic heterocycles. The summed E-state index contributed by atoms with van der Waals surface area (Å²) in [5, 5.41) is 1.53. The molecule has 0 aromatic heterocycles. The molecule has 0 heterocycles. The Hall–Kier alpha value is -0.140. The van der Waals surface area contributed by atoms with E-state index >= 15 is 0 Å². The van der Waals surface area contributed by atoms with Crippen molar-refractivity contribution < 1.29 is 20.8 Å². The Bertz CT molecular complexity index is 718. The minimum atomic E-state index is -1.25. The van der Waals surface area contributed by atoms with Crippen LogP contribution in [-0.4, -0.2) is 8.07 Å². The zero-order valence-electron chi connectivity index (χ0n) is 14.1. The molecule has 0 saturated heterocycles. The molecular weight excluding hydrogens is 418 g/mol. The van der Waals surface area contributed by atoms with Crippen LogP contribution >= 0.6 is 17.0 Å². The molecule has 0 saturated carbocycles. The monoisotopic (exact) mass is 438 g/mol. The fourth-order valence-corrected chi connectivity index (χ4v) is 4.13. The summed E-state index contributed by atoms with van der Waals surface area (Å²) < 4.78 is 0. The molecule has 1 aliphatic carbocycles. The molecule has 2 aromatic carbocycles. The number of halogens is 2. The number of hydrogen-bond acceptors (Lipinski definition) is 0. The zero-order valence-corrected chi connectivity index (χ0v) is 19.1. The van der Waals surface area contributed by atoms with Crippen LogP contribution in [0.2, 0.25) is 19.6 Å². The van der Waals surface area contributed by atoms with E-state index in [-0.39, 0.29) is 0 Å². The van der Waals surface area contributed by atoms with Crippen molar-refractivity contribution >= 4 is 36.4 Å². The molecule has 2 aromatic rings. The first-order chi connectivity index (χ1) is 10.9. The Morgan fingerprint density at radius 1 is 1.00 bits per heavy atom. The maximum absolute atomic E-state index is 4.93. The number of rotatable bonds is 2. The summed E-state index contributed by atoms with van der Waals surface area (Å²) in [7, 11) is 8.62. The molecule has 0 N–H and O–H groups in total. The molecular formula is C19H22Cl2SiZr. The molecule has 0 nitrogen and oxygen atoms in total. The molecule has 0 amide bonds. The number of fused-ring (bicyclic) bond motifs is 1. The average molecular weight is 441 g/mol. The fraction of sp³-hybridized carbons (Fsp3) is 0.263. The molecule has 0 fully saturated rings. The first-order valence-corrected chi connectivity index (χ1v) is 17.6. The normalized spacial score (nSPS) is 12.9. The molecule has 0 atom stereocenters. The summed E-state index contributed by atoms with van der Waals surface area (Å²) in [6.45, 7) is 9.45. The average Bonchev–Trinajstić information content (AvgIpc) is 2.87. The van der Waals surface area contributed by atoms with Gasteiger partial charge in [0, 0.05) is 0 Å². The molecule has 1 aliphatic rings. The second kappa shape index (κ2) is 8.30. The number of hydrogen-bond donors (Lipinski definition) is 0. The fourth-order valence-electron chi connectivity index (χ4n) is 2.94. The van der Waals surface area contributed by atoms with Crippen LogP contribution in [0.4, 0.5) is 0 Å². The quantitative estimate of drug-likeness (QED) is 0.485. The Labute approximate surface area is 159 Å². The van der Waals surface area contributed by atoms with Gasteiger partial charge in [0.2, 0.25) is 0 Å². The molecule has 0 radical (unpaired) electrons. The molecule has 0 spiro atoms. The SMILES string of the molecule is CC1=Cc2c(cccc2-c2cccc([Si](C)(C)C)c2)C1.[Cl][Zr][Cl]. The standard InChI is InChI=1S/C19H22Si.2ClH.Zr/c1-14-11-15-8-6-10-18(19(15)12-14)16-7-5-9-17(13-16)20(2,3)4;;;/h5-10,12-13H,11H2,1-4H3;2*1H;/q;;;+2/p-2. The van der Waals surface area contributed by atoms with Gasteiger partial charge in [0.15, 0.2) is 0 Å². The summed E-state index contributed by atoms with van der Waals surface area (Å²) in [5.41, 5.74) is 7.12. The topological polar surface area (TPSA) is 0 Å². The van der Waals surface area contributed by atoms with Gasteiger partial charge >= 0.3 is 37.9 Å². The van der Waals surface area contributed by atoms with Crippen molar-refractivity contribution in [1.82, 2.24) is 0 Å². The van der Waals surface area contributed by atoms with Crippen LogP contribution in [0.1, 0.15) is 18.1 Å². The molecule has 3 rings (SSSR count). The Morgan fingerprint density at radius 3 is 2.30 bits per heavy atom. The van der Waals surface area contributed by atoms with Gasteiger partial charge in [-0.05, 0) is 35.6 Å². The van der Waals surface area contributed by atoms with Crippen molar-refractivity contribution in [3.8, 4) is 11.1 Å². The van der Waals surface area contributed by atoms with E-state index < -0.39 is 28.9 Å². The van der Waals surface area contributed by atoms with E-state index in [0.29, 0.717) is 0 Å². The zero-order chi connectivity index (χ0) is 17.0. The molecule has 4 heteroatoms. The van der Waals surface area contributed by atoms with Crippen LogP contribution in [0.25, 0.3) is 17.2 Å². The maximum atomic E-state index is 4.93. The summed E-state index contributed by atoms with van der Waals surface area (Å²) in [5.74, 6) is 0. The number of allylic oxidation sites excluding steroid dienone is 1. The van der Waals surface area contributed by atoms with Crippen molar-refractivity contribution in [3.63, 3.8) is 0 Å². The van der Waals surface area contributed by atoms with Gasteiger partial charge in [-0.25, -0.2) is 0 Å². The van der Waals surface area contributed by atoms with Crippen LogP contribution in [0, 0.1) is 0 Å². The Morgan fingerprint density at radius 2 is 1.65 bits per heavy atom. The Kier molecular flexibility index (Phi) is 6.92. The van der Waals surface area contributed by atoms with Gasteiger partial charge < -0.3 is 0 Å². The van der Waals surface area contributed by atoms with Crippen molar-refractivity contribution in [2.75, 3.05) is 0 Å². The van der Waals surface area contributed by atoms with Crippen molar-refractivity contribution in [1.29, 1.82) is 0 Å². The van der Waals surface area contributed by atoms with Crippen LogP contribution < -0.4 is 5.19 Å². The molecule has 0 unspecified atom stereocenters. The van der Waals surface area contributed by atoms with Crippen LogP contribution in [0.3, 0.4) is 0 Å². The van der Waals surface area contributed by atoms with Crippen LogP contribution in [0.5, 0.6) is 0 Å². The van der Waals surface area contributed by atoms with Crippen LogP contribution in [0.15, 0.2) is 48.0 Å². The summed E-state index contributed by atoms with van der Waals surface area (Å²) in [4.78, 5) is 0. The summed E-state index contributed by atoms with van der Waals surface area (Å²) >= 11 is -0.826. The summed E-state index contributed by atoms with van der Waals surface area (Å²) in [6, 6.07) is 15.9. The van der Waals surface area contributed by atoms with E-state index in [9.17, 15) is 0 Å². The van der Waals surface area contributed by atoms with E-state index in [2.05, 4.69) is 75.1 Å². The third-order valence-electron chi connectivity index (χ3n) is 4.10. The Balaban J connectivity index is 0.000000595. The third-order valence-corrected chi connectivity index (χ3v) is 6.14. The van der Waals surface area contributed by atoms with E-state index in [4.69, 9.17) is 17.0 Å². The van der Waals surface area contributed by atoms with Gasteiger partial charge in [-0.15, -0.1) is 0 Å². The molecule has 23 heavy (non-hydrogen) atoms. The van der Waals surface area contributed by atoms with E-state index in [0.717, 1.165) is 6.42 Å². The van der Waals surface area contributed by atoms with Crippen LogP contribution in [-0.2, 0) is 27.3 Å². The van der Waals surface area contributed by atoms with Gasteiger partial charge in [0.1, 0.15) is 0 Å². The van der Waals surface area contributed by atoms with Crippen molar-refractivity contribution in [2.24, 2.45) is 0 Å². The van der Waals surface area contributed by atoms with Gasteiger partial charge in [-0.2, -0.15) is 0 Å². The van der Waals surface area contributed by atoms with E-state index in [1.807, 2.05) is 0 Å². The first kappa shape index (κ1) is 19.2. The van der Waals surface area contributed by atoms with Gasteiger partial charge in [-0.1, -0.05) is 78.9 Å².